The summed E-state index contributed by atoms with van der Waals surface area (Å²) >= 11 is 0. The van der Waals surface area contributed by atoms with Crippen LogP contribution in [0.15, 0.2) is 0 Å². The maximum atomic E-state index is 6.11. The van der Waals surface area contributed by atoms with E-state index in [1.54, 1.807) is 0 Å². The third-order valence-corrected chi connectivity index (χ3v) is 5.17. The van der Waals surface area contributed by atoms with Crippen LogP contribution in [-0.2, 0) is 0 Å². The van der Waals surface area contributed by atoms with Crippen molar-refractivity contribution in [2.24, 2.45) is 11.7 Å². The summed E-state index contributed by atoms with van der Waals surface area (Å²) in [7, 11) is -0.558. The van der Waals surface area contributed by atoms with E-state index in [0.29, 0.717) is 5.67 Å². The molecule has 1 nitrogen and oxygen atoms in total. The highest BCUT2D eigenvalue weighted by Crippen LogP contribution is 2.27. The van der Waals surface area contributed by atoms with Gasteiger partial charge in [0.2, 0.25) is 0 Å². The standard InChI is InChI=1S/C10H23NSi/c1-12(2)10(11)8-9-6-4-3-5-7-9/h9-10,12H,3-8,11H2,1-2H3. The molecule has 1 aliphatic rings. The zero-order chi connectivity index (χ0) is 8.97. The lowest BCUT2D eigenvalue weighted by Gasteiger charge is -2.25. The molecule has 0 amide bonds. The van der Waals surface area contributed by atoms with E-state index in [2.05, 4.69) is 13.1 Å². The fraction of sp³-hybridized carbons (Fsp3) is 1.00. The van der Waals surface area contributed by atoms with Crippen LogP contribution in [0.1, 0.15) is 38.5 Å². The SMILES string of the molecule is C[SiH](C)C(N)CC1CCCCC1. The summed E-state index contributed by atoms with van der Waals surface area (Å²) < 4.78 is 0. The van der Waals surface area contributed by atoms with Gasteiger partial charge in [0.25, 0.3) is 0 Å². The van der Waals surface area contributed by atoms with Gasteiger partial charge in [0.15, 0.2) is 0 Å². The Morgan fingerprint density at radius 1 is 1.25 bits per heavy atom. The van der Waals surface area contributed by atoms with Gasteiger partial charge in [-0.15, -0.1) is 0 Å². The van der Waals surface area contributed by atoms with Crippen LogP contribution in [0, 0.1) is 5.92 Å². The summed E-state index contributed by atoms with van der Waals surface area (Å²) in [6.07, 6.45) is 8.60. The van der Waals surface area contributed by atoms with Crippen LogP contribution < -0.4 is 5.73 Å². The van der Waals surface area contributed by atoms with Crippen molar-refractivity contribution in [1.29, 1.82) is 0 Å². The van der Waals surface area contributed by atoms with Gasteiger partial charge in [0.1, 0.15) is 0 Å². The van der Waals surface area contributed by atoms with Gasteiger partial charge in [-0.1, -0.05) is 45.2 Å². The lowest BCUT2D eigenvalue weighted by Crippen LogP contribution is -2.36. The van der Waals surface area contributed by atoms with Crippen LogP contribution in [0.2, 0.25) is 13.1 Å². The molecular weight excluding hydrogens is 162 g/mol. The van der Waals surface area contributed by atoms with E-state index in [4.69, 9.17) is 5.73 Å². The molecule has 1 unspecified atom stereocenters. The largest absolute Gasteiger partial charge is 0.331 e. The van der Waals surface area contributed by atoms with Gasteiger partial charge in [-0.3, -0.25) is 0 Å². The smallest absolute Gasteiger partial charge is 0.0502 e. The molecule has 2 heteroatoms. The van der Waals surface area contributed by atoms with Crippen molar-refractivity contribution in [2.45, 2.75) is 57.3 Å². The number of nitrogens with two attached hydrogens (primary N) is 1. The van der Waals surface area contributed by atoms with Crippen molar-refractivity contribution in [3.63, 3.8) is 0 Å². The van der Waals surface area contributed by atoms with E-state index in [1.807, 2.05) is 0 Å². The highest BCUT2D eigenvalue weighted by Gasteiger charge is 2.18. The molecule has 0 heterocycles. The topological polar surface area (TPSA) is 26.0 Å². The van der Waals surface area contributed by atoms with E-state index in [1.165, 1.54) is 38.5 Å². The maximum Gasteiger partial charge on any atom is 0.0502 e. The van der Waals surface area contributed by atoms with E-state index >= 15 is 0 Å². The first-order chi connectivity index (χ1) is 5.70. The highest BCUT2D eigenvalue weighted by atomic mass is 28.3. The zero-order valence-electron chi connectivity index (χ0n) is 8.55. The molecule has 1 atom stereocenters. The van der Waals surface area contributed by atoms with Gasteiger partial charge in [0, 0.05) is 0 Å². The molecule has 0 aromatic rings. The molecule has 0 spiro atoms. The van der Waals surface area contributed by atoms with E-state index in [9.17, 15) is 0 Å². The number of rotatable bonds is 3. The van der Waals surface area contributed by atoms with Crippen molar-refractivity contribution in [3.8, 4) is 0 Å². The van der Waals surface area contributed by atoms with Crippen LogP contribution in [0.5, 0.6) is 0 Å². The summed E-state index contributed by atoms with van der Waals surface area (Å²) in [6.45, 7) is 4.74. The minimum absolute atomic E-state index is 0.558. The Bertz CT molecular complexity index is 119. The van der Waals surface area contributed by atoms with Gasteiger partial charge in [0.05, 0.1) is 8.80 Å². The monoisotopic (exact) mass is 185 g/mol. The Balaban J connectivity index is 2.20. The maximum absolute atomic E-state index is 6.11. The highest BCUT2D eigenvalue weighted by molar-refractivity contribution is 6.57. The summed E-state index contributed by atoms with van der Waals surface area (Å²) in [6, 6.07) is 0. The summed E-state index contributed by atoms with van der Waals surface area (Å²) in [5, 5.41) is 0. The van der Waals surface area contributed by atoms with Crippen LogP contribution in [0.4, 0.5) is 0 Å². The predicted molar refractivity (Wildman–Crippen MR) is 58.0 cm³/mol. The molecule has 1 saturated carbocycles. The Labute approximate surface area is 78.3 Å². The second-order valence-electron chi connectivity index (χ2n) is 4.65. The molecule has 12 heavy (non-hydrogen) atoms. The molecule has 0 bridgehead atoms. The molecule has 0 aromatic carbocycles. The molecule has 1 aliphatic carbocycles. The number of hydrogen-bond acceptors (Lipinski definition) is 1. The van der Waals surface area contributed by atoms with E-state index in [-0.39, 0.29) is 0 Å². The third kappa shape index (κ3) is 3.28. The van der Waals surface area contributed by atoms with Gasteiger partial charge < -0.3 is 5.73 Å². The Morgan fingerprint density at radius 2 is 1.83 bits per heavy atom. The first-order valence-corrected chi connectivity index (χ1v) is 8.43. The van der Waals surface area contributed by atoms with Gasteiger partial charge >= 0.3 is 0 Å². The van der Waals surface area contributed by atoms with Crippen molar-refractivity contribution < 1.29 is 0 Å². The minimum atomic E-state index is -0.558. The van der Waals surface area contributed by atoms with Gasteiger partial charge in [-0.05, 0) is 18.0 Å². The zero-order valence-corrected chi connectivity index (χ0v) is 9.71. The third-order valence-electron chi connectivity index (χ3n) is 3.19. The van der Waals surface area contributed by atoms with Crippen LogP contribution in [-0.4, -0.2) is 14.5 Å². The molecule has 2 N–H and O–H groups in total. The van der Waals surface area contributed by atoms with Crippen molar-refractivity contribution >= 4 is 8.80 Å². The fourth-order valence-corrected chi connectivity index (χ4v) is 3.01. The lowest BCUT2D eigenvalue weighted by atomic mass is 9.87. The van der Waals surface area contributed by atoms with Crippen molar-refractivity contribution in [3.05, 3.63) is 0 Å². The fourth-order valence-electron chi connectivity index (χ4n) is 2.08. The summed E-state index contributed by atoms with van der Waals surface area (Å²) in [5.74, 6) is 0.976. The van der Waals surface area contributed by atoms with Crippen LogP contribution in [0.25, 0.3) is 0 Å². The molecule has 0 saturated heterocycles. The van der Waals surface area contributed by atoms with Crippen molar-refractivity contribution in [1.82, 2.24) is 0 Å². The Kier molecular flexibility index (Phi) is 4.30. The molecule has 0 radical (unpaired) electrons. The summed E-state index contributed by atoms with van der Waals surface area (Å²) in [4.78, 5) is 0. The summed E-state index contributed by atoms with van der Waals surface area (Å²) in [5.41, 5.74) is 6.69. The molecule has 72 valence electrons. The second-order valence-corrected chi connectivity index (χ2v) is 7.99. The Hall–Kier alpha value is 0.177. The number of hydrogen-bond donors (Lipinski definition) is 1. The quantitative estimate of drug-likeness (QED) is 0.671. The first-order valence-electron chi connectivity index (χ1n) is 5.45. The minimum Gasteiger partial charge on any atom is -0.331 e. The Morgan fingerprint density at radius 3 is 2.33 bits per heavy atom. The van der Waals surface area contributed by atoms with Crippen LogP contribution in [0.3, 0.4) is 0 Å². The molecular formula is C10H23NSi. The lowest BCUT2D eigenvalue weighted by molar-refractivity contribution is 0.335. The first kappa shape index (κ1) is 10.3. The average Bonchev–Trinajstić information content (AvgIpc) is 2.06. The van der Waals surface area contributed by atoms with Gasteiger partial charge in [-0.25, -0.2) is 0 Å². The normalized spacial score (nSPS) is 23.0. The molecule has 0 aliphatic heterocycles. The van der Waals surface area contributed by atoms with E-state index < -0.39 is 8.80 Å². The average molecular weight is 185 g/mol. The molecule has 0 aromatic heterocycles. The second kappa shape index (κ2) is 5.03. The van der Waals surface area contributed by atoms with Crippen molar-refractivity contribution in [2.75, 3.05) is 0 Å². The van der Waals surface area contributed by atoms with Gasteiger partial charge in [-0.2, -0.15) is 0 Å². The van der Waals surface area contributed by atoms with E-state index in [0.717, 1.165) is 5.92 Å². The molecule has 1 rings (SSSR count). The molecule has 1 fully saturated rings. The predicted octanol–water partition coefficient (Wildman–Crippen LogP) is 2.31. The van der Waals surface area contributed by atoms with Crippen LogP contribution >= 0.6 is 0 Å².